The highest BCUT2D eigenvalue weighted by Gasteiger charge is 2.31. The number of halogens is 3. The number of fused-ring (bicyclic) bond motifs is 1. The Morgan fingerprint density at radius 1 is 1.19 bits per heavy atom. The second-order valence-electron chi connectivity index (χ2n) is 6.53. The number of anilines is 1. The molecule has 142 valence electrons. The number of nitrogens with zero attached hydrogens (tertiary/aromatic N) is 4. The molecule has 9 heteroatoms. The molecule has 1 aliphatic rings. The molecule has 1 saturated heterocycles. The Hall–Kier alpha value is -2.81. The van der Waals surface area contributed by atoms with Crippen molar-refractivity contribution in [3.8, 4) is 17.0 Å². The van der Waals surface area contributed by atoms with Crippen molar-refractivity contribution in [2.45, 2.75) is 25.2 Å². The van der Waals surface area contributed by atoms with E-state index >= 15 is 0 Å². The van der Waals surface area contributed by atoms with Crippen molar-refractivity contribution in [3.05, 3.63) is 42.6 Å². The molecule has 4 rings (SSSR count). The van der Waals surface area contributed by atoms with E-state index in [1.807, 2.05) is 12.1 Å². The minimum atomic E-state index is -4.74. The van der Waals surface area contributed by atoms with Gasteiger partial charge in [0, 0.05) is 24.7 Å². The van der Waals surface area contributed by atoms with Gasteiger partial charge >= 0.3 is 6.36 Å². The molecule has 27 heavy (non-hydrogen) atoms. The van der Waals surface area contributed by atoms with Crippen LogP contribution in [0.2, 0.25) is 0 Å². The number of ether oxygens (including phenoxy) is 1. The zero-order chi connectivity index (χ0) is 19.0. The topological polar surface area (TPSA) is 68.7 Å². The SMILES string of the molecule is NC1CCCN(c2ccc3ncc(-c4cccc(OC(F)(F)F)c4)n3n2)C1. The number of alkyl halides is 3. The lowest BCUT2D eigenvalue weighted by Crippen LogP contribution is -2.43. The number of aromatic nitrogens is 3. The zero-order valence-corrected chi connectivity index (χ0v) is 14.4. The van der Waals surface area contributed by atoms with Gasteiger partial charge in [0.2, 0.25) is 0 Å². The molecule has 1 aromatic carbocycles. The van der Waals surface area contributed by atoms with Gasteiger partial charge in [-0.3, -0.25) is 0 Å². The van der Waals surface area contributed by atoms with Crippen molar-refractivity contribution < 1.29 is 17.9 Å². The number of hydrogen-bond donors (Lipinski definition) is 1. The molecule has 0 radical (unpaired) electrons. The van der Waals surface area contributed by atoms with E-state index in [4.69, 9.17) is 5.73 Å². The number of benzene rings is 1. The van der Waals surface area contributed by atoms with Crippen molar-refractivity contribution in [1.82, 2.24) is 14.6 Å². The molecule has 2 N–H and O–H groups in total. The maximum Gasteiger partial charge on any atom is 0.573 e. The van der Waals surface area contributed by atoms with Crippen LogP contribution < -0.4 is 15.4 Å². The fourth-order valence-electron chi connectivity index (χ4n) is 3.30. The van der Waals surface area contributed by atoms with Gasteiger partial charge in [0.15, 0.2) is 5.65 Å². The summed E-state index contributed by atoms with van der Waals surface area (Å²) in [5.74, 6) is 0.479. The molecule has 0 bridgehead atoms. The molecular weight excluding hydrogens is 359 g/mol. The monoisotopic (exact) mass is 377 g/mol. The van der Waals surface area contributed by atoms with Gasteiger partial charge in [0.1, 0.15) is 11.6 Å². The Kier molecular flexibility index (Phi) is 4.39. The number of hydrogen-bond acceptors (Lipinski definition) is 5. The fraction of sp³-hybridized carbons (Fsp3) is 0.333. The van der Waals surface area contributed by atoms with E-state index in [9.17, 15) is 13.2 Å². The number of piperidine rings is 1. The van der Waals surface area contributed by atoms with Gasteiger partial charge in [0.05, 0.1) is 11.9 Å². The van der Waals surface area contributed by atoms with Crippen LogP contribution in [0.1, 0.15) is 12.8 Å². The van der Waals surface area contributed by atoms with Crippen LogP contribution in [0.4, 0.5) is 19.0 Å². The zero-order valence-electron chi connectivity index (χ0n) is 14.4. The minimum absolute atomic E-state index is 0.106. The van der Waals surface area contributed by atoms with Gasteiger partial charge in [-0.05, 0) is 37.1 Å². The van der Waals surface area contributed by atoms with Crippen LogP contribution in [0.5, 0.6) is 5.75 Å². The maximum atomic E-state index is 12.5. The first-order chi connectivity index (χ1) is 12.9. The first-order valence-electron chi connectivity index (χ1n) is 8.60. The maximum absolute atomic E-state index is 12.5. The molecule has 6 nitrogen and oxygen atoms in total. The lowest BCUT2D eigenvalue weighted by atomic mass is 10.1. The van der Waals surface area contributed by atoms with Crippen molar-refractivity contribution >= 4 is 11.5 Å². The van der Waals surface area contributed by atoms with Crippen molar-refractivity contribution in [2.75, 3.05) is 18.0 Å². The van der Waals surface area contributed by atoms with E-state index in [2.05, 4.69) is 19.7 Å². The van der Waals surface area contributed by atoms with E-state index in [1.54, 1.807) is 16.8 Å². The van der Waals surface area contributed by atoms with Crippen LogP contribution in [0.25, 0.3) is 16.9 Å². The molecular formula is C18H18F3N5O. The second-order valence-corrected chi connectivity index (χ2v) is 6.53. The number of imidazole rings is 1. The molecule has 1 fully saturated rings. The van der Waals surface area contributed by atoms with Crippen LogP contribution in [-0.4, -0.2) is 40.1 Å². The quantitative estimate of drug-likeness (QED) is 0.759. The second kappa shape index (κ2) is 6.73. The highest BCUT2D eigenvalue weighted by atomic mass is 19.4. The van der Waals surface area contributed by atoms with E-state index in [0.717, 1.165) is 31.7 Å². The van der Waals surface area contributed by atoms with Crippen molar-refractivity contribution in [2.24, 2.45) is 5.73 Å². The molecule has 1 atom stereocenters. The van der Waals surface area contributed by atoms with Crippen LogP contribution >= 0.6 is 0 Å². The summed E-state index contributed by atoms with van der Waals surface area (Å²) in [6.45, 7) is 1.59. The Balaban J connectivity index is 1.70. The van der Waals surface area contributed by atoms with Crippen LogP contribution in [0.15, 0.2) is 42.6 Å². The Labute approximate surface area is 153 Å². The fourth-order valence-corrected chi connectivity index (χ4v) is 3.30. The summed E-state index contributed by atoms with van der Waals surface area (Å²) in [7, 11) is 0. The summed E-state index contributed by atoms with van der Waals surface area (Å²) < 4.78 is 43.1. The summed E-state index contributed by atoms with van der Waals surface area (Å²) in [5.41, 5.74) is 7.77. The third-order valence-corrected chi connectivity index (χ3v) is 4.49. The van der Waals surface area contributed by atoms with Crippen molar-refractivity contribution in [3.63, 3.8) is 0 Å². The largest absolute Gasteiger partial charge is 0.573 e. The Morgan fingerprint density at radius 3 is 2.81 bits per heavy atom. The van der Waals surface area contributed by atoms with Gasteiger partial charge in [-0.15, -0.1) is 18.3 Å². The highest BCUT2D eigenvalue weighted by molar-refractivity contribution is 5.65. The normalized spacial score (nSPS) is 18.1. The predicted octanol–water partition coefficient (Wildman–Crippen LogP) is 3.22. The van der Waals surface area contributed by atoms with Crippen LogP contribution in [-0.2, 0) is 0 Å². The summed E-state index contributed by atoms with van der Waals surface area (Å²) in [4.78, 5) is 6.41. The van der Waals surface area contributed by atoms with E-state index < -0.39 is 6.36 Å². The highest BCUT2D eigenvalue weighted by Crippen LogP contribution is 2.29. The molecule has 1 unspecified atom stereocenters. The molecule has 2 aromatic heterocycles. The smallest absolute Gasteiger partial charge is 0.406 e. The Bertz CT molecular complexity index is 956. The summed E-state index contributed by atoms with van der Waals surface area (Å²) in [6, 6.07) is 9.60. The molecule has 0 spiro atoms. The van der Waals surface area contributed by atoms with Gasteiger partial charge in [0.25, 0.3) is 0 Å². The third kappa shape index (κ3) is 3.82. The average molecular weight is 377 g/mol. The molecule has 3 heterocycles. The van der Waals surface area contributed by atoms with E-state index in [-0.39, 0.29) is 11.8 Å². The van der Waals surface area contributed by atoms with Crippen molar-refractivity contribution in [1.29, 1.82) is 0 Å². The summed E-state index contributed by atoms with van der Waals surface area (Å²) in [6.07, 6.45) is -1.17. The molecule has 0 aliphatic carbocycles. The van der Waals surface area contributed by atoms with Gasteiger partial charge < -0.3 is 15.4 Å². The standard InChI is InChI=1S/C18H18F3N5O/c19-18(20,21)27-14-5-1-3-12(9-14)15-10-23-16-6-7-17(24-26(15)16)25-8-2-4-13(22)11-25/h1,3,5-7,9-10,13H,2,4,8,11,22H2. The molecule has 0 amide bonds. The molecule has 3 aromatic rings. The third-order valence-electron chi connectivity index (χ3n) is 4.49. The first-order valence-corrected chi connectivity index (χ1v) is 8.60. The minimum Gasteiger partial charge on any atom is -0.406 e. The van der Waals surface area contributed by atoms with Gasteiger partial charge in [-0.25, -0.2) is 9.50 Å². The van der Waals surface area contributed by atoms with Crippen LogP contribution in [0, 0.1) is 0 Å². The predicted molar refractivity (Wildman–Crippen MR) is 94.5 cm³/mol. The van der Waals surface area contributed by atoms with Gasteiger partial charge in [-0.2, -0.15) is 0 Å². The Morgan fingerprint density at radius 2 is 2.04 bits per heavy atom. The molecule has 0 saturated carbocycles. The van der Waals surface area contributed by atoms with E-state index in [0.29, 0.717) is 16.9 Å². The number of nitrogens with two attached hydrogens (primary N) is 1. The lowest BCUT2D eigenvalue weighted by Gasteiger charge is -2.31. The summed E-state index contributed by atoms with van der Waals surface area (Å²) >= 11 is 0. The summed E-state index contributed by atoms with van der Waals surface area (Å²) in [5, 5.41) is 4.64. The van der Waals surface area contributed by atoms with E-state index in [1.165, 1.54) is 18.2 Å². The lowest BCUT2D eigenvalue weighted by molar-refractivity contribution is -0.274. The molecule has 1 aliphatic heterocycles. The number of rotatable bonds is 3. The first kappa shape index (κ1) is 17.6. The average Bonchev–Trinajstić information content (AvgIpc) is 3.03. The van der Waals surface area contributed by atoms with Crippen LogP contribution in [0.3, 0.4) is 0 Å². The van der Waals surface area contributed by atoms with Gasteiger partial charge in [-0.1, -0.05) is 12.1 Å².